The summed E-state index contributed by atoms with van der Waals surface area (Å²) in [5.74, 6) is -0.326. The molecule has 0 fully saturated rings. The van der Waals surface area contributed by atoms with E-state index in [1.54, 1.807) is 0 Å². The molecule has 21 heavy (non-hydrogen) atoms. The van der Waals surface area contributed by atoms with Crippen molar-refractivity contribution in [2.24, 2.45) is 0 Å². The Morgan fingerprint density at radius 2 is 2.00 bits per heavy atom. The summed E-state index contributed by atoms with van der Waals surface area (Å²) in [7, 11) is 1.35. The van der Waals surface area contributed by atoms with Gasteiger partial charge in [-0.15, -0.1) is 11.3 Å². The highest BCUT2D eigenvalue weighted by molar-refractivity contribution is 7.17. The van der Waals surface area contributed by atoms with Crippen molar-refractivity contribution in [3.63, 3.8) is 0 Å². The van der Waals surface area contributed by atoms with Crippen LogP contribution in [-0.4, -0.2) is 29.3 Å². The Labute approximate surface area is 127 Å². The van der Waals surface area contributed by atoms with Gasteiger partial charge in [0.15, 0.2) is 0 Å². The molecule has 2 rings (SSSR count). The molecule has 0 saturated carbocycles. The molecule has 0 bridgehead atoms. The smallest absolute Gasteiger partial charge is 0.419 e. The molecule has 0 aliphatic carbocycles. The number of fused-ring (bicyclic) bond motifs is 1. The molecule has 0 aliphatic rings. The van der Waals surface area contributed by atoms with Gasteiger partial charge in [-0.05, 0) is 44.7 Å². The van der Waals surface area contributed by atoms with Crippen molar-refractivity contribution in [2.75, 3.05) is 7.11 Å². The summed E-state index contributed by atoms with van der Waals surface area (Å²) in [6.45, 7) is 7.29. The van der Waals surface area contributed by atoms with Gasteiger partial charge in [-0.2, -0.15) is 0 Å². The summed E-state index contributed by atoms with van der Waals surface area (Å²) < 4.78 is 11.7. The Kier molecular flexibility index (Phi) is 4.09. The van der Waals surface area contributed by atoms with E-state index in [2.05, 4.69) is 0 Å². The molecular formula is C15H19NO4S. The average Bonchev–Trinajstić information content (AvgIpc) is 2.90. The summed E-state index contributed by atoms with van der Waals surface area (Å²) in [4.78, 5) is 24.7. The van der Waals surface area contributed by atoms with Crippen molar-refractivity contribution in [1.29, 1.82) is 0 Å². The Balaban J connectivity index is 2.49. The van der Waals surface area contributed by atoms with Gasteiger partial charge in [0, 0.05) is 11.1 Å². The molecule has 0 aromatic carbocycles. The minimum atomic E-state index is -0.570. The minimum Gasteiger partial charge on any atom is -0.469 e. The van der Waals surface area contributed by atoms with Crippen LogP contribution in [0.3, 0.4) is 0 Å². The lowest BCUT2D eigenvalue weighted by atomic mass is 10.1. The number of hydrogen-bond donors (Lipinski definition) is 0. The van der Waals surface area contributed by atoms with Gasteiger partial charge in [0.1, 0.15) is 10.4 Å². The highest BCUT2D eigenvalue weighted by Gasteiger charge is 2.25. The van der Waals surface area contributed by atoms with Crippen molar-refractivity contribution >= 4 is 33.6 Å². The van der Waals surface area contributed by atoms with E-state index in [1.807, 2.05) is 39.1 Å². The van der Waals surface area contributed by atoms with Crippen molar-refractivity contribution in [2.45, 2.75) is 39.7 Å². The second-order valence-corrected chi connectivity index (χ2v) is 6.67. The molecule has 0 atom stereocenters. The summed E-state index contributed by atoms with van der Waals surface area (Å²) in [6.07, 6.45) is -0.283. The number of aromatic nitrogens is 1. The fraction of sp³-hybridized carbons (Fsp3) is 0.467. The third-order valence-corrected chi connectivity index (χ3v) is 3.97. The van der Waals surface area contributed by atoms with Crippen LogP contribution in [0.1, 0.15) is 32.0 Å². The number of nitrogens with zero attached hydrogens (tertiary/aromatic N) is 1. The molecular weight excluding hydrogens is 290 g/mol. The molecule has 0 saturated heterocycles. The first-order chi connectivity index (χ1) is 9.74. The molecule has 6 heteroatoms. The molecule has 0 N–H and O–H groups in total. The van der Waals surface area contributed by atoms with Crippen LogP contribution in [0.4, 0.5) is 4.79 Å². The highest BCUT2D eigenvalue weighted by Crippen LogP contribution is 2.31. The largest absolute Gasteiger partial charge is 0.469 e. The third kappa shape index (κ3) is 3.10. The van der Waals surface area contributed by atoms with Gasteiger partial charge in [0.2, 0.25) is 0 Å². The number of carbonyl (C=O) groups excluding carboxylic acids is 2. The van der Waals surface area contributed by atoms with Crippen LogP contribution in [0.2, 0.25) is 0 Å². The van der Waals surface area contributed by atoms with Crippen LogP contribution >= 0.6 is 11.3 Å². The van der Waals surface area contributed by atoms with E-state index in [1.165, 1.54) is 23.0 Å². The van der Waals surface area contributed by atoms with Gasteiger partial charge in [-0.3, -0.25) is 4.79 Å². The molecule has 0 amide bonds. The molecule has 2 aromatic heterocycles. The monoisotopic (exact) mass is 309 g/mol. The van der Waals surface area contributed by atoms with Crippen LogP contribution < -0.4 is 0 Å². The summed E-state index contributed by atoms with van der Waals surface area (Å²) >= 11 is 1.45. The molecule has 2 heterocycles. The van der Waals surface area contributed by atoms with Gasteiger partial charge >= 0.3 is 12.1 Å². The van der Waals surface area contributed by atoms with Crippen LogP contribution in [-0.2, 0) is 20.7 Å². The Morgan fingerprint density at radius 3 is 2.57 bits per heavy atom. The van der Waals surface area contributed by atoms with Crippen molar-refractivity contribution in [1.82, 2.24) is 4.57 Å². The average molecular weight is 309 g/mol. The number of rotatable bonds is 2. The molecule has 0 aliphatic heterocycles. The van der Waals surface area contributed by atoms with Crippen molar-refractivity contribution < 1.29 is 19.1 Å². The predicted octanol–water partition coefficient (Wildman–Crippen LogP) is 3.51. The Morgan fingerprint density at radius 1 is 1.33 bits per heavy atom. The van der Waals surface area contributed by atoms with Crippen LogP contribution in [0.15, 0.2) is 11.4 Å². The molecule has 114 valence electrons. The fourth-order valence-electron chi connectivity index (χ4n) is 2.15. The molecule has 5 nitrogen and oxygen atoms in total. The summed E-state index contributed by atoms with van der Waals surface area (Å²) in [5.41, 5.74) is 0.959. The number of carbonyl (C=O) groups is 2. The molecule has 2 aromatic rings. The van der Waals surface area contributed by atoms with Gasteiger partial charge in [-0.1, -0.05) is 0 Å². The van der Waals surface area contributed by atoms with Crippen molar-refractivity contribution in [3.05, 3.63) is 22.7 Å². The topological polar surface area (TPSA) is 57.5 Å². The first kappa shape index (κ1) is 15.6. The molecule has 0 spiro atoms. The van der Waals surface area contributed by atoms with E-state index in [0.717, 1.165) is 21.5 Å². The zero-order valence-corrected chi connectivity index (χ0v) is 13.7. The first-order valence-corrected chi connectivity index (χ1v) is 7.50. The lowest BCUT2D eigenvalue weighted by Gasteiger charge is -2.20. The zero-order chi connectivity index (χ0) is 15.8. The van der Waals surface area contributed by atoms with E-state index >= 15 is 0 Å². The van der Waals surface area contributed by atoms with E-state index in [9.17, 15) is 9.59 Å². The summed E-state index contributed by atoms with van der Waals surface area (Å²) in [6, 6.07) is 1.91. The Hall–Kier alpha value is -1.82. The second kappa shape index (κ2) is 5.52. The second-order valence-electron chi connectivity index (χ2n) is 5.77. The summed E-state index contributed by atoms with van der Waals surface area (Å²) in [5, 5.41) is 2.79. The van der Waals surface area contributed by atoms with E-state index < -0.39 is 11.7 Å². The normalized spacial score (nSPS) is 11.7. The number of methoxy groups -OCH3 is 1. The fourth-order valence-corrected chi connectivity index (χ4v) is 3.12. The predicted molar refractivity (Wildman–Crippen MR) is 81.9 cm³/mol. The molecule has 0 radical (unpaired) electrons. The highest BCUT2D eigenvalue weighted by atomic mass is 32.1. The number of esters is 1. The van der Waals surface area contributed by atoms with Crippen molar-refractivity contribution in [3.8, 4) is 0 Å². The van der Waals surface area contributed by atoms with Gasteiger partial charge < -0.3 is 9.47 Å². The van der Waals surface area contributed by atoms with Gasteiger partial charge in [0.25, 0.3) is 0 Å². The van der Waals surface area contributed by atoms with Crippen LogP contribution in [0, 0.1) is 6.92 Å². The van der Waals surface area contributed by atoms with E-state index in [4.69, 9.17) is 9.47 Å². The third-order valence-electron chi connectivity index (χ3n) is 3.07. The standard InChI is InChI=1S/C15H19NO4S/c1-9-11(8-12(17)19-5)10-6-7-21-13(10)16(9)14(18)20-15(2,3)4/h6-7H,8H2,1-5H3. The van der Waals surface area contributed by atoms with E-state index in [0.29, 0.717) is 0 Å². The number of thiophene rings is 1. The maximum Gasteiger partial charge on any atom is 0.419 e. The zero-order valence-electron chi connectivity index (χ0n) is 12.9. The van der Waals surface area contributed by atoms with E-state index in [-0.39, 0.29) is 12.4 Å². The quantitative estimate of drug-likeness (QED) is 0.797. The number of ether oxygens (including phenoxy) is 2. The maximum absolute atomic E-state index is 12.4. The van der Waals surface area contributed by atoms with Gasteiger partial charge in [0.05, 0.1) is 13.5 Å². The first-order valence-electron chi connectivity index (χ1n) is 6.62. The van der Waals surface area contributed by atoms with Crippen LogP contribution in [0.25, 0.3) is 10.2 Å². The maximum atomic E-state index is 12.4. The molecule has 0 unspecified atom stereocenters. The lowest BCUT2D eigenvalue weighted by Crippen LogP contribution is -2.27. The minimum absolute atomic E-state index is 0.144. The SMILES string of the molecule is COC(=O)Cc1c(C)n(C(=O)OC(C)(C)C)c2sccc12. The van der Waals surface area contributed by atoms with Crippen LogP contribution in [0.5, 0.6) is 0 Å². The van der Waals surface area contributed by atoms with Gasteiger partial charge in [-0.25, -0.2) is 9.36 Å². The Bertz CT molecular complexity index is 690. The lowest BCUT2D eigenvalue weighted by molar-refractivity contribution is -0.139. The number of hydrogen-bond acceptors (Lipinski definition) is 5.